The van der Waals surface area contributed by atoms with Crippen molar-refractivity contribution in [3.8, 4) is 0 Å². The molecule has 1 N–H and O–H groups in total. The van der Waals surface area contributed by atoms with Crippen LogP contribution in [0.15, 0.2) is 47.1 Å². The summed E-state index contributed by atoms with van der Waals surface area (Å²) >= 11 is 9.01. The minimum Gasteiger partial charge on any atom is -0.307 e. The number of amides is 1. The Morgan fingerprint density at radius 3 is 2.53 bits per heavy atom. The van der Waals surface area contributed by atoms with Crippen LogP contribution in [-0.2, 0) is 0 Å². The molecule has 1 amide bonds. The highest BCUT2D eigenvalue weighted by Crippen LogP contribution is 2.21. The second-order valence-electron chi connectivity index (χ2n) is 3.29. The van der Waals surface area contributed by atoms with Crippen molar-refractivity contribution in [3.63, 3.8) is 0 Å². The highest BCUT2D eigenvalue weighted by molar-refractivity contribution is 9.10. The summed E-state index contributed by atoms with van der Waals surface area (Å²) in [5.41, 5.74) is 0.584. The number of rotatable bonds is 2. The van der Waals surface area contributed by atoms with Gasteiger partial charge in [0.15, 0.2) is 0 Å². The number of anilines is 1. The van der Waals surface area contributed by atoms with Crippen LogP contribution >= 0.6 is 27.5 Å². The van der Waals surface area contributed by atoms with E-state index in [1.165, 1.54) is 0 Å². The molecule has 3 nitrogen and oxygen atoms in total. The van der Waals surface area contributed by atoms with E-state index >= 15 is 0 Å². The number of nitrogens with zero attached hydrogens (tertiary/aromatic N) is 1. The quantitative estimate of drug-likeness (QED) is 0.858. The molecular weight excluding hydrogens is 304 g/mol. The molecule has 2 aromatic rings. The number of nitrogens with one attached hydrogen (secondary N) is 1. The first-order valence-corrected chi connectivity index (χ1v) is 6.02. The monoisotopic (exact) mass is 310 g/mol. The number of carbonyl (C=O) groups is 1. The Kier molecular flexibility index (Phi) is 3.76. The Morgan fingerprint density at radius 1 is 1.18 bits per heavy atom. The maximum Gasteiger partial charge on any atom is 0.256 e. The van der Waals surface area contributed by atoms with Gasteiger partial charge in [0, 0.05) is 5.56 Å². The summed E-state index contributed by atoms with van der Waals surface area (Å²) < 4.78 is 0.505. The summed E-state index contributed by atoms with van der Waals surface area (Å²) in [5.74, 6) is 0.252. The van der Waals surface area contributed by atoms with Gasteiger partial charge < -0.3 is 5.32 Å². The average molecular weight is 312 g/mol. The minimum atomic E-state index is -0.202. The van der Waals surface area contributed by atoms with Gasteiger partial charge in [-0.2, -0.15) is 0 Å². The van der Waals surface area contributed by atoms with Gasteiger partial charge >= 0.3 is 0 Å². The van der Waals surface area contributed by atoms with E-state index in [1.807, 2.05) is 6.07 Å². The van der Waals surface area contributed by atoms with Crippen molar-refractivity contribution in [1.82, 2.24) is 4.98 Å². The predicted molar refractivity (Wildman–Crippen MR) is 71.3 cm³/mol. The van der Waals surface area contributed by atoms with Gasteiger partial charge in [0.25, 0.3) is 5.91 Å². The largest absolute Gasteiger partial charge is 0.307 e. The van der Waals surface area contributed by atoms with E-state index in [1.54, 1.807) is 36.4 Å². The maximum absolute atomic E-state index is 11.8. The number of carbonyl (C=O) groups excluding carboxylic acids is 1. The molecule has 2 rings (SSSR count). The third-order valence-corrected chi connectivity index (χ3v) is 3.22. The molecule has 17 heavy (non-hydrogen) atoms. The fraction of sp³-hybridized carbons (Fsp3) is 0. The summed E-state index contributed by atoms with van der Waals surface area (Å²) in [6.45, 7) is 0. The molecule has 1 aromatic carbocycles. The highest BCUT2D eigenvalue weighted by atomic mass is 79.9. The van der Waals surface area contributed by atoms with Crippen LogP contribution in [0.25, 0.3) is 0 Å². The summed E-state index contributed by atoms with van der Waals surface area (Å²) in [6.07, 6.45) is 0. The lowest BCUT2D eigenvalue weighted by Crippen LogP contribution is -2.12. The van der Waals surface area contributed by atoms with E-state index < -0.39 is 0 Å². The number of pyridine rings is 1. The van der Waals surface area contributed by atoms with Crippen molar-refractivity contribution in [3.05, 3.63) is 57.7 Å². The Morgan fingerprint density at radius 2 is 1.88 bits per heavy atom. The van der Waals surface area contributed by atoms with Gasteiger partial charge in [-0.15, -0.1) is 0 Å². The first-order valence-electron chi connectivity index (χ1n) is 4.85. The van der Waals surface area contributed by atoms with Crippen LogP contribution < -0.4 is 5.32 Å². The smallest absolute Gasteiger partial charge is 0.256 e. The maximum atomic E-state index is 11.8. The topological polar surface area (TPSA) is 42.0 Å². The first-order chi connectivity index (χ1) is 8.16. The molecule has 0 atom stereocenters. The molecule has 0 unspecified atom stereocenters. The average Bonchev–Trinajstić information content (AvgIpc) is 2.35. The number of hydrogen-bond donors (Lipinski definition) is 1. The lowest BCUT2D eigenvalue weighted by atomic mass is 10.2. The molecule has 0 spiro atoms. The van der Waals surface area contributed by atoms with E-state index in [0.29, 0.717) is 21.0 Å². The van der Waals surface area contributed by atoms with E-state index in [9.17, 15) is 4.79 Å². The molecule has 5 heteroatoms. The lowest BCUT2D eigenvalue weighted by molar-refractivity contribution is 0.102. The third kappa shape index (κ3) is 3.05. The zero-order valence-electron chi connectivity index (χ0n) is 8.65. The molecule has 0 saturated heterocycles. The Hall–Kier alpha value is -1.39. The normalized spacial score (nSPS) is 10.0. The lowest BCUT2D eigenvalue weighted by Gasteiger charge is -2.05. The van der Waals surface area contributed by atoms with Crippen molar-refractivity contribution >= 4 is 39.3 Å². The number of aromatic nitrogens is 1. The van der Waals surface area contributed by atoms with Gasteiger partial charge in [-0.05, 0) is 40.2 Å². The molecule has 0 aliphatic heterocycles. The molecule has 0 saturated carbocycles. The van der Waals surface area contributed by atoms with E-state index in [-0.39, 0.29) is 5.91 Å². The van der Waals surface area contributed by atoms with Gasteiger partial charge in [-0.1, -0.05) is 29.8 Å². The first kappa shape index (κ1) is 12.1. The summed E-state index contributed by atoms with van der Waals surface area (Å²) in [7, 11) is 0. The van der Waals surface area contributed by atoms with Crippen LogP contribution in [0.2, 0.25) is 5.02 Å². The second-order valence-corrected chi connectivity index (χ2v) is 4.45. The van der Waals surface area contributed by atoms with Gasteiger partial charge in [0.1, 0.15) is 10.4 Å². The van der Waals surface area contributed by atoms with Gasteiger partial charge in [0.2, 0.25) is 0 Å². The molecule has 0 bridgehead atoms. The number of benzene rings is 1. The predicted octanol–water partition coefficient (Wildman–Crippen LogP) is 3.75. The molecule has 1 heterocycles. The highest BCUT2D eigenvalue weighted by Gasteiger charge is 2.07. The molecule has 0 fully saturated rings. The summed E-state index contributed by atoms with van der Waals surface area (Å²) in [4.78, 5) is 15.9. The van der Waals surface area contributed by atoms with Gasteiger partial charge in [0.05, 0.1) is 5.02 Å². The molecule has 86 valence electrons. The van der Waals surface area contributed by atoms with Crippen molar-refractivity contribution in [2.75, 3.05) is 5.32 Å². The summed E-state index contributed by atoms with van der Waals surface area (Å²) in [5, 5.41) is 3.19. The fourth-order valence-electron chi connectivity index (χ4n) is 1.26. The second kappa shape index (κ2) is 5.29. The minimum absolute atomic E-state index is 0.202. The van der Waals surface area contributed by atoms with Crippen LogP contribution in [0, 0.1) is 0 Å². The SMILES string of the molecule is O=C(Nc1ccc(Cl)c(Br)n1)c1ccccc1. The van der Waals surface area contributed by atoms with E-state index in [0.717, 1.165) is 0 Å². The Labute approximate surface area is 112 Å². The molecule has 0 radical (unpaired) electrons. The zero-order valence-corrected chi connectivity index (χ0v) is 11.0. The molecule has 0 aliphatic rings. The third-order valence-electron chi connectivity index (χ3n) is 2.08. The van der Waals surface area contributed by atoms with Crippen molar-refractivity contribution in [1.29, 1.82) is 0 Å². The Bertz CT molecular complexity index is 545. The van der Waals surface area contributed by atoms with E-state index in [4.69, 9.17) is 11.6 Å². The molecule has 0 aliphatic carbocycles. The van der Waals surface area contributed by atoms with Crippen molar-refractivity contribution in [2.45, 2.75) is 0 Å². The Balaban J connectivity index is 2.16. The summed E-state index contributed by atoms with van der Waals surface area (Å²) in [6, 6.07) is 12.3. The van der Waals surface area contributed by atoms with Crippen molar-refractivity contribution in [2.24, 2.45) is 0 Å². The number of halogens is 2. The molecule has 1 aromatic heterocycles. The van der Waals surface area contributed by atoms with E-state index in [2.05, 4.69) is 26.2 Å². The van der Waals surface area contributed by atoms with Gasteiger partial charge in [-0.3, -0.25) is 4.79 Å². The van der Waals surface area contributed by atoms with Crippen LogP contribution in [0.1, 0.15) is 10.4 Å². The number of hydrogen-bond acceptors (Lipinski definition) is 2. The van der Waals surface area contributed by atoms with Crippen LogP contribution in [-0.4, -0.2) is 10.9 Å². The van der Waals surface area contributed by atoms with Crippen LogP contribution in [0.4, 0.5) is 5.82 Å². The zero-order chi connectivity index (χ0) is 12.3. The van der Waals surface area contributed by atoms with Crippen LogP contribution in [0.3, 0.4) is 0 Å². The standard InChI is InChI=1S/C12H8BrClN2O/c13-11-9(14)6-7-10(15-11)16-12(17)8-4-2-1-3-5-8/h1-7H,(H,15,16,17). The fourth-order valence-corrected chi connectivity index (χ4v) is 1.69. The molecular formula is C12H8BrClN2O. The van der Waals surface area contributed by atoms with Crippen molar-refractivity contribution < 1.29 is 4.79 Å². The van der Waals surface area contributed by atoms with Crippen LogP contribution in [0.5, 0.6) is 0 Å². The van der Waals surface area contributed by atoms with Gasteiger partial charge in [-0.25, -0.2) is 4.98 Å².